The molecular formula is C15H20O2. The monoisotopic (exact) mass is 232 g/mol. The van der Waals surface area contributed by atoms with Gasteiger partial charge in [0.25, 0.3) is 0 Å². The smallest absolute Gasteiger partial charge is 0.137 e. The standard InChI is InChI=1S/C15H20O2/c1-9-8-17-14-6-12-13(16)5-4-10(2)15(12,3)7-11(9)14/h8,10,12H,4-7H2,1-3H3. The molecule has 1 aromatic heterocycles. The van der Waals surface area contributed by atoms with Crippen LogP contribution < -0.4 is 0 Å². The van der Waals surface area contributed by atoms with E-state index in [-0.39, 0.29) is 11.3 Å². The second kappa shape index (κ2) is 3.47. The van der Waals surface area contributed by atoms with E-state index in [0.29, 0.717) is 11.7 Å². The van der Waals surface area contributed by atoms with E-state index in [1.165, 1.54) is 11.1 Å². The summed E-state index contributed by atoms with van der Waals surface area (Å²) in [6, 6.07) is 0. The van der Waals surface area contributed by atoms with Crippen LogP contribution in [0.2, 0.25) is 0 Å². The maximum absolute atomic E-state index is 12.2. The number of hydrogen-bond donors (Lipinski definition) is 0. The van der Waals surface area contributed by atoms with Gasteiger partial charge in [-0.15, -0.1) is 0 Å². The molecule has 2 aliphatic rings. The zero-order valence-electron chi connectivity index (χ0n) is 10.9. The van der Waals surface area contributed by atoms with Crippen molar-refractivity contribution in [2.45, 2.75) is 46.5 Å². The van der Waals surface area contributed by atoms with Crippen LogP contribution in [-0.4, -0.2) is 5.78 Å². The molecule has 1 fully saturated rings. The zero-order chi connectivity index (χ0) is 12.2. The largest absolute Gasteiger partial charge is 0.469 e. The molecule has 0 saturated heterocycles. The van der Waals surface area contributed by atoms with Crippen molar-refractivity contribution in [3.05, 3.63) is 23.2 Å². The van der Waals surface area contributed by atoms with E-state index in [2.05, 4.69) is 20.8 Å². The first kappa shape index (κ1) is 11.1. The van der Waals surface area contributed by atoms with Crippen LogP contribution in [0.4, 0.5) is 0 Å². The van der Waals surface area contributed by atoms with Crippen molar-refractivity contribution in [1.82, 2.24) is 0 Å². The molecule has 0 bridgehead atoms. The summed E-state index contributed by atoms with van der Waals surface area (Å²) < 4.78 is 5.61. The second-order valence-electron chi connectivity index (χ2n) is 6.17. The minimum atomic E-state index is 0.150. The van der Waals surface area contributed by atoms with Crippen molar-refractivity contribution in [2.75, 3.05) is 0 Å². The van der Waals surface area contributed by atoms with Gasteiger partial charge in [-0.25, -0.2) is 0 Å². The van der Waals surface area contributed by atoms with Crippen LogP contribution in [0.25, 0.3) is 0 Å². The molecular weight excluding hydrogens is 212 g/mol. The third kappa shape index (κ3) is 1.42. The molecule has 17 heavy (non-hydrogen) atoms. The van der Waals surface area contributed by atoms with Crippen molar-refractivity contribution in [3.8, 4) is 0 Å². The highest BCUT2D eigenvalue weighted by Crippen LogP contribution is 2.51. The predicted molar refractivity (Wildman–Crippen MR) is 65.9 cm³/mol. The number of Topliss-reactive ketones (excluding diaryl/α,β-unsaturated/α-hetero) is 1. The lowest BCUT2D eigenvalue weighted by Gasteiger charge is -2.47. The average Bonchev–Trinajstić information content (AvgIpc) is 2.64. The first-order valence-electron chi connectivity index (χ1n) is 6.61. The van der Waals surface area contributed by atoms with E-state index in [0.717, 1.165) is 31.4 Å². The van der Waals surface area contributed by atoms with E-state index >= 15 is 0 Å². The summed E-state index contributed by atoms with van der Waals surface area (Å²) >= 11 is 0. The fourth-order valence-corrected chi connectivity index (χ4v) is 3.72. The number of carbonyl (C=O) groups is 1. The van der Waals surface area contributed by atoms with Gasteiger partial charge in [-0.3, -0.25) is 4.79 Å². The Morgan fingerprint density at radius 3 is 3.00 bits per heavy atom. The fraction of sp³-hybridized carbons (Fsp3) is 0.667. The number of carbonyl (C=O) groups excluding carboxylic acids is 1. The van der Waals surface area contributed by atoms with Gasteiger partial charge in [-0.2, -0.15) is 0 Å². The van der Waals surface area contributed by atoms with Crippen molar-refractivity contribution in [3.63, 3.8) is 0 Å². The molecule has 2 nitrogen and oxygen atoms in total. The molecule has 0 spiro atoms. The van der Waals surface area contributed by atoms with Gasteiger partial charge in [0, 0.05) is 18.8 Å². The van der Waals surface area contributed by atoms with Gasteiger partial charge in [0.2, 0.25) is 0 Å². The van der Waals surface area contributed by atoms with E-state index in [1.54, 1.807) is 0 Å². The minimum Gasteiger partial charge on any atom is -0.469 e. The Balaban J connectivity index is 2.07. The maximum atomic E-state index is 12.2. The number of ketones is 1. The zero-order valence-corrected chi connectivity index (χ0v) is 10.9. The van der Waals surface area contributed by atoms with Crippen molar-refractivity contribution in [1.29, 1.82) is 0 Å². The number of fused-ring (bicyclic) bond motifs is 2. The second-order valence-corrected chi connectivity index (χ2v) is 6.17. The van der Waals surface area contributed by atoms with E-state index < -0.39 is 0 Å². The third-order valence-electron chi connectivity index (χ3n) is 5.27. The molecule has 92 valence electrons. The van der Waals surface area contributed by atoms with Gasteiger partial charge in [-0.05, 0) is 42.2 Å². The molecule has 0 radical (unpaired) electrons. The summed E-state index contributed by atoms with van der Waals surface area (Å²) in [5.74, 6) is 2.33. The molecule has 1 aromatic rings. The quantitative estimate of drug-likeness (QED) is 0.687. The Kier molecular flexibility index (Phi) is 2.26. The Morgan fingerprint density at radius 1 is 1.47 bits per heavy atom. The van der Waals surface area contributed by atoms with Crippen LogP contribution >= 0.6 is 0 Å². The van der Waals surface area contributed by atoms with Gasteiger partial charge in [0.05, 0.1) is 6.26 Å². The highest BCUT2D eigenvalue weighted by molar-refractivity contribution is 5.83. The molecule has 0 N–H and O–H groups in total. The number of rotatable bonds is 0. The molecule has 1 heterocycles. The van der Waals surface area contributed by atoms with Crippen LogP contribution in [0.15, 0.2) is 10.7 Å². The number of aryl methyl sites for hydroxylation is 1. The summed E-state index contributed by atoms with van der Waals surface area (Å²) in [5.41, 5.74) is 2.77. The molecule has 0 aliphatic heterocycles. The lowest BCUT2D eigenvalue weighted by atomic mass is 9.55. The third-order valence-corrected chi connectivity index (χ3v) is 5.27. The summed E-state index contributed by atoms with van der Waals surface area (Å²) in [6.07, 6.45) is 5.50. The van der Waals surface area contributed by atoms with Crippen LogP contribution in [-0.2, 0) is 17.6 Å². The number of furan rings is 1. The Morgan fingerprint density at radius 2 is 2.24 bits per heavy atom. The summed E-state index contributed by atoms with van der Waals surface area (Å²) in [6.45, 7) is 6.72. The molecule has 1 saturated carbocycles. The normalized spacial score (nSPS) is 36.5. The molecule has 2 aliphatic carbocycles. The van der Waals surface area contributed by atoms with Crippen LogP contribution in [0.3, 0.4) is 0 Å². The van der Waals surface area contributed by atoms with E-state index in [1.807, 2.05) is 6.26 Å². The highest BCUT2D eigenvalue weighted by atomic mass is 16.3. The van der Waals surface area contributed by atoms with E-state index in [9.17, 15) is 4.79 Å². The van der Waals surface area contributed by atoms with Gasteiger partial charge >= 0.3 is 0 Å². The van der Waals surface area contributed by atoms with Gasteiger partial charge in [-0.1, -0.05) is 13.8 Å². The minimum absolute atomic E-state index is 0.150. The molecule has 3 unspecified atom stereocenters. The SMILES string of the molecule is Cc1coc2c1CC1(C)C(C)CCC(=O)C1C2. The fourth-order valence-electron chi connectivity index (χ4n) is 3.72. The molecule has 2 heteroatoms. The molecule has 3 rings (SSSR count). The lowest BCUT2D eigenvalue weighted by molar-refractivity contribution is -0.133. The lowest BCUT2D eigenvalue weighted by Crippen LogP contribution is -2.47. The Bertz CT molecular complexity index is 471. The van der Waals surface area contributed by atoms with Gasteiger partial charge in [0.15, 0.2) is 0 Å². The van der Waals surface area contributed by atoms with Crippen molar-refractivity contribution < 1.29 is 9.21 Å². The Labute approximate surface area is 102 Å². The van der Waals surface area contributed by atoms with Crippen LogP contribution in [0.5, 0.6) is 0 Å². The van der Waals surface area contributed by atoms with E-state index in [4.69, 9.17) is 4.42 Å². The summed E-state index contributed by atoms with van der Waals surface area (Å²) in [7, 11) is 0. The molecule has 3 atom stereocenters. The number of hydrogen-bond acceptors (Lipinski definition) is 2. The van der Waals surface area contributed by atoms with Crippen molar-refractivity contribution >= 4 is 5.78 Å². The summed E-state index contributed by atoms with van der Waals surface area (Å²) in [4.78, 5) is 12.2. The van der Waals surface area contributed by atoms with Gasteiger partial charge in [0.1, 0.15) is 11.5 Å². The molecule has 0 aromatic carbocycles. The predicted octanol–water partition coefficient (Wildman–Crippen LogP) is 3.31. The first-order chi connectivity index (χ1) is 8.02. The maximum Gasteiger partial charge on any atom is 0.137 e. The highest BCUT2D eigenvalue weighted by Gasteiger charge is 2.49. The Hall–Kier alpha value is -1.05. The summed E-state index contributed by atoms with van der Waals surface area (Å²) in [5, 5.41) is 0. The molecule has 0 amide bonds. The first-order valence-corrected chi connectivity index (χ1v) is 6.61. The average molecular weight is 232 g/mol. The van der Waals surface area contributed by atoms with Crippen LogP contribution in [0, 0.1) is 24.2 Å². The van der Waals surface area contributed by atoms with Crippen LogP contribution in [0.1, 0.15) is 43.6 Å². The topological polar surface area (TPSA) is 30.2 Å². The van der Waals surface area contributed by atoms with Crippen molar-refractivity contribution in [2.24, 2.45) is 17.3 Å². The van der Waals surface area contributed by atoms with Gasteiger partial charge < -0.3 is 4.42 Å².